The Morgan fingerprint density at radius 1 is 1.71 bits per heavy atom. The maximum Gasteiger partial charge on any atom is 0.337 e. The number of nitrogens with zero attached hydrogens (tertiary/aromatic N) is 2. The Balaban J connectivity index is 2.99. The summed E-state index contributed by atoms with van der Waals surface area (Å²) >= 11 is 0. The molecule has 0 bridgehead atoms. The fourth-order valence-electron chi connectivity index (χ4n) is 1.41. The molecule has 0 aliphatic heterocycles. The van der Waals surface area contributed by atoms with Gasteiger partial charge in [0.25, 0.3) is 0 Å². The minimum Gasteiger partial charge on any atom is -0.478 e. The highest BCUT2D eigenvalue weighted by molar-refractivity contribution is 5.94. The second-order valence-corrected chi connectivity index (χ2v) is 3.85. The van der Waals surface area contributed by atoms with E-state index in [0.29, 0.717) is 12.4 Å². The molecule has 94 valence electrons. The van der Waals surface area contributed by atoms with Gasteiger partial charge in [-0.1, -0.05) is 0 Å². The number of likely N-dealkylation sites (N-methyl/N-ethyl adjacent to an activating group) is 1. The Bertz CT molecular complexity index is 409. The number of nitrogens with two attached hydrogens (primary N) is 1. The normalized spacial score (nSPS) is 12.2. The highest BCUT2D eigenvalue weighted by Crippen LogP contribution is 2.18. The lowest BCUT2D eigenvalue weighted by Gasteiger charge is -2.25. The number of aromatic nitrogens is 1. The fourth-order valence-corrected chi connectivity index (χ4v) is 1.41. The van der Waals surface area contributed by atoms with Crippen LogP contribution in [0.2, 0.25) is 0 Å². The van der Waals surface area contributed by atoms with Gasteiger partial charge in [-0.2, -0.15) is 0 Å². The van der Waals surface area contributed by atoms with Crippen LogP contribution in [-0.4, -0.2) is 42.9 Å². The number of carbonyl (C=O) groups is 1. The molecular weight excluding hydrogens is 222 g/mol. The van der Waals surface area contributed by atoms with E-state index in [0.717, 1.165) is 0 Å². The molecule has 0 aliphatic rings. The van der Waals surface area contributed by atoms with Gasteiger partial charge in [0.2, 0.25) is 0 Å². The number of aromatic carboxylic acids is 1. The van der Waals surface area contributed by atoms with Crippen molar-refractivity contribution in [1.29, 1.82) is 0 Å². The molecule has 6 nitrogen and oxygen atoms in total. The molecule has 0 saturated heterocycles. The number of carboxylic acids is 1. The molecule has 1 aromatic heterocycles. The van der Waals surface area contributed by atoms with Crippen molar-refractivity contribution in [3.8, 4) is 0 Å². The van der Waals surface area contributed by atoms with Crippen LogP contribution in [0, 0.1) is 0 Å². The van der Waals surface area contributed by atoms with Crippen LogP contribution in [0.5, 0.6) is 0 Å². The molecule has 0 radical (unpaired) electrons. The number of nitrogen functional groups attached to an aromatic ring is 1. The first-order chi connectivity index (χ1) is 7.97. The van der Waals surface area contributed by atoms with E-state index in [-0.39, 0.29) is 17.3 Å². The minimum atomic E-state index is -1.06. The van der Waals surface area contributed by atoms with Crippen LogP contribution in [0.15, 0.2) is 12.3 Å². The van der Waals surface area contributed by atoms with Gasteiger partial charge in [-0.3, -0.25) is 0 Å². The van der Waals surface area contributed by atoms with Crippen LogP contribution in [0.1, 0.15) is 17.3 Å². The summed E-state index contributed by atoms with van der Waals surface area (Å²) in [6.45, 7) is 2.49. The van der Waals surface area contributed by atoms with Gasteiger partial charge in [0, 0.05) is 14.2 Å². The molecule has 1 heterocycles. The molecule has 0 aromatic carbocycles. The summed E-state index contributed by atoms with van der Waals surface area (Å²) in [5.41, 5.74) is 5.76. The largest absolute Gasteiger partial charge is 0.478 e. The number of carboxylic acid groups (broad SMARTS) is 1. The fraction of sp³-hybridized carbons (Fsp3) is 0.455. The van der Waals surface area contributed by atoms with Gasteiger partial charge >= 0.3 is 5.97 Å². The van der Waals surface area contributed by atoms with E-state index in [2.05, 4.69) is 4.98 Å². The van der Waals surface area contributed by atoms with Crippen molar-refractivity contribution in [3.63, 3.8) is 0 Å². The molecule has 1 aromatic rings. The summed E-state index contributed by atoms with van der Waals surface area (Å²) in [5.74, 6) is -0.500. The first-order valence-electron chi connectivity index (χ1n) is 5.18. The molecule has 0 saturated carbocycles. The van der Waals surface area contributed by atoms with E-state index in [9.17, 15) is 4.79 Å². The van der Waals surface area contributed by atoms with Gasteiger partial charge in [-0.05, 0) is 13.0 Å². The molecule has 3 N–H and O–H groups in total. The minimum absolute atomic E-state index is 0.0615. The van der Waals surface area contributed by atoms with Crippen LogP contribution in [0.3, 0.4) is 0 Å². The summed E-state index contributed by atoms with van der Waals surface area (Å²) in [6, 6.07) is 1.56. The van der Waals surface area contributed by atoms with Gasteiger partial charge in [0.15, 0.2) is 0 Å². The second-order valence-electron chi connectivity index (χ2n) is 3.85. The van der Waals surface area contributed by atoms with E-state index in [4.69, 9.17) is 15.6 Å². The monoisotopic (exact) mass is 239 g/mol. The zero-order chi connectivity index (χ0) is 13.0. The van der Waals surface area contributed by atoms with E-state index < -0.39 is 5.97 Å². The summed E-state index contributed by atoms with van der Waals surface area (Å²) in [4.78, 5) is 16.9. The van der Waals surface area contributed by atoms with Gasteiger partial charge in [-0.25, -0.2) is 9.78 Å². The quantitative estimate of drug-likeness (QED) is 0.791. The lowest BCUT2D eigenvalue weighted by molar-refractivity contribution is 0.0698. The van der Waals surface area contributed by atoms with Crippen molar-refractivity contribution in [1.82, 2.24) is 4.98 Å². The van der Waals surface area contributed by atoms with E-state index in [1.165, 1.54) is 12.3 Å². The number of hydrogen-bond donors (Lipinski definition) is 2. The standard InChI is InChI=1S/C11H17N3O3/c1-7(6-17-3)14(2)10-4-8(11(15)16)9(12)5-13-10/h4-5,7H,6,12H2,1-3H3,(H,15,16). The van der Waals surface area contributed by atoms with E-state index in [1.54, 1.807) is 7.11 Å². The molecule has 17 heavy (non-hydrogen) atoms. The van der Waals surface area contributed by atoms with Crippen molar-refractivity contribution < 1.29 is 14.6 Å². The third kappa shape index (κ3) is 3.07. The molecule has 0 aliphatic carbocycles. The van der Waals surface area contributed by atoms with Crippen LogP contribution >= 0.6 is 0 Å². The zero-order valence-corrected chi connectivity index (χ0v) is 10.2. The average molecular weight is 239 g/mol. The first kappa shape index (κ1) is 13.2. The Morgan fingerprint density at radius 2 is 2.35 bits per heavy atom. The average Bonchev–Trinajstić information content (AvgIpc) is 2.28. The number of anilines is 2. The Kier molecular flexibility index (Phi) is 4.28. The molecule has 6 heteroatoms. The van der Waals surface area contributed by atoms with Crippen LogP contribution in [0.4, 0.5) is 11.5 Å². The first-order valence-corrected chi connectivity index (χ1v) is 5.18. The van der Waals surface area contributed by atoms with Crippen molar-refractivity contribution in [3.05, 3.63) is 17.8 Å². The molecule has 1 unspecified atom stereocenters. The van der Waals surface area contributed by atoms with Crippen molar-refractivity contribution in [2.75, 3.05) is 31.4 Å². The highest BCUT2D eigenvalue weighted by Gasteiger charge is 2.15. The lowest BCUT2D eigenvalue weighted by Crippen LogP contribution is -2.33. The number of pyridine rings is 1. The summed E-state index contributed by atoms with van der Waals surface area (Å²) in [7, 11) is 3.44. The van der Waals surface area contributed by atoms with Gasteiger partial charge in [0.05, 0.1) is 30.1 Å². The topological polar surface area (TPSA) is 88.7 Å². The number of ether oxygens (including phenoxy) is 1. The lowest BCUT2D eigenvalue weighted by atomic mass is 10.2. The van der Waals surface area contributed by atoms with Crippen LogP contribution < -0.4 is 10.6 Å². The van der Waals surface area contributed by atoms with Gasteiger partial charge in [-0.15, -0.1) is 0 Å². The van der Waals surface area contributed by atoms with Crippen molar-refractivity contribution in [2.24, 2.45) is 0 Å². The van der Waals surface area contributed by atoms with Crippen LogP contribution in [0.25, 0.3) is 0 Å². The number of rotatable bonds is 5. The van der Waals surface area contributed by atoms with Gasteiger partial charge in [0.1, 0.15) is 5.82 Å². The predicted octanol–water partition coefficient (Wildman–Crippen LogP) is 0.833. The summed E-state index contributed by atoms with van der Waals surface area (Å²) in [6.07, 6.45) is 1.36. The smallest absolute Gasteiger partial charge is 0.337 e. The van der Waals surface area contributed by atoms with Crippen molar-refractivity contribution in [2.45, 2.75) is 13.0 Å². The Hall–Kier alpha value is -1.82. The van der Waals surface area contributed by atoms with Crippen LogP contribution in [-0.2, 0) is 4.74 Å². The molecule has 0 spiro atoms. The SMILES string of the molecule is COCC(C)N(C)c1cc(C(=O)O)c(N)cn1. The maximum atomic E-state index is 10.9. The third-order valence-electron chi connectivity index (χ3n) is 2.58. The van der Waals surface area contributed by atoms with E-state index >= 15 is 0 Å². The molecule has 0 amide bonds. The number of methoxy groups -OCH3 is 1. The van der Waals surface area contributed by atoms with Crippen molar-refractivity contribution >= 4 is 17.5 Å². The molecule has 0 fully saturated rings. The zero-order valence-electron chi connectivity index (χ0n) is 10.2. The molecule has 1 rings (SSSR count). The van der Waals surface area contributed by atoms with Gasteiger partial charge < -0.3 is 20.5 Å². The number of hydrogen-bond acceptors (Lipinski definition) is 5. The summed E-state index contributed by atoms with van der Waals surface area (Å²) < 4.78 is 5.04. The highest BCUT2D eigenvalue weighted by atomic mass is 16.5. The maximum absolute atomic E-state index is 10.9. The molecular formula is C11H17N3O3. The second kappa shape index (κ2) is 5.49. The Morgan fingerprint density at radius 3 is 2.88 bits per heavy atom. The predicted molar refractivity (Wildman–Crippen MR) is 65.3 cm³/mol. The third-order valence-corrected chi connectivity index (χ3v) is 2.58. The molecule has 1 atom stereocenters. The summed E-state index contributed by atoms with van der Waals surface area (Å²) in [5, 5.41) is 8.96. The van der Waals surface area contributed by atoms with E-state index in [1.807, 2.05) is 18.9 Å². The Labute approximate surface area is 100 Å².